The quantitative estimate of drug-likeness (QED) is 0.618. The molecule has 0 saturated heterocycles. The summed E-state index contributed by atoms with van der Waals surface area (Å²) < 4.78 is 1.20. The fourth-order valence-electron chi connectivity index (χ4n) is 0.513. The minimum Gasteiger partial charge on any atom is -0.390 e. The van der Waals surface area contributed by atoms with Gasteiger partial charge < -0.3 is 5.73 Å². The van der Waals surface area contributed by atoms with Crippen LogP contribution >= 0.6 is 45.5 Å². The molecule has 2 N–H and O–H groups in total. The Kier molecular flexibility index (Phi) is 2.60. The number of alkyl halides is 1. The molecule has 0 saturated carbocycles. The molecule has 0 aliphatic rings. The first-order chi connectivity index (χ1) is 4.24. The van der Waals surface area contributed by atoms with Gasteiger partial charge in [0.05, 0.1) is 13.8 Å². The molecule has 4 heteroatoms. The Morgan fingerprint density at radius 2 is 2.44 bits per heavy atom. The van der Waals surface area contributed by atoms with Crippen LogP contribution in [-0.2, 0) is 5.88 Å². The number of hydrogen-bond acceptors (Lipinski definition) is 2. The maximum absolute atomic E-state index is 5.58. The predicted molar refractivity (Wildman–Crippen MR) is 51.0 cm³/mol. The lowest BCUT2D eigenvalue weighted by Crippen LogP contribution is -1.82. The maximum Gasteiger partial charge on any atom is 0.0912 e. The minimum absolute atomic E-state index is 0.519. The topological polar surface area (TPSA) is 26.0 Å². The number of thiophene rings is 1. The molecule has 0 spiro atoms. The molecule has 0 radical (unpaired) electrons. The number of halogens is 2. The summed E-state index contributed by atoms with van der Waals surface area (Å²) in [5.74, 6) is 0.519. The van der Waals surface area contributed by atoms with Crippen molar-refractivity contribution < 1.29 is 0 Å². The van der Waals surface area contributed by atoms with Crippen molar-refractivity contribution in [2.24, 2.45) is 0 Å². The van der Waals surface area contributed by atoms with Gasteiger partial charge in [-0.1, -0.05) is 0 Å². The van der Waals surface area contributed by atoms with Gasteiger partial charge in [-0.3, -0.25) is 0 Å². The van der Waals surface area contributed by atoms with E-state index < -0.39 is 0 Å². The summed E-state index contributed by atoms with van der Waals surface area (Å²) in [4.78, 5) is 0. The Bertz CT molecular complexity index is 211. The summed E-state index contributed by atoms with van der Waals surface area (Å²) in [5.41, 5.74) is 6.63. The van der Waals surface area contributed by atoms with Crippen LogP contribution < -0.4 is 5.73 Å². The summed E-state index contributed by atoms with van der Waals surface area (Å²) in [6, 6.07) is 2.01. The molecule has 1 aromatic rings. The molecular formula is C5H5ClINS. The SMILES string of the molecule is Nc1sc(I)cc1CCl. The van der Waals surface area contributed by atoms with E-state index in [0.717, 1.165) is 10.6 Å². The predicted octanol–water partition coefficient (Wildman–Crippen LogP) is 2.67. The number of hydrogen-bond donors (Lipinski definition) is 1. The van der Waals surface area contributed by atoms with Crippen LogP contribution in [0.1, 0.15) is 5.56 Å². The van der Waals surface area contributed by atoms with Crippen LogP contribution in [0.25, 0.3) is 0 Å². The van der Waals surface area contributed by atoms with Crippen LogP contribution in [0.5, 0.6) is 0 Å². The van der Waals surface area contributed by atoms with Crippen molar-refractivity contribution in [3.05, 3.63) is 14.5 Å². The number of nitrogens with two attached hydrogens (primary N) is 1. The van der Waals surface area contributed by atoms with Crippen molar-refractivity contribution in [2.75, 3.05) is 5.73 Å². The van der Waals surface area contributed by atoms with Gasteiger partial charge in [0.2, 0.25) is 0 Å². The Labute approximate surface area is 76.3 Å². The van der Waals surface area contributed by atoms with Crippen molar-refractivity contribution in [1.29, 1.82) is 0 Å². The molecule has 0 aliphatic heterocycles. The molecule has 0 atom stereocenters. The summed E-state index contributed by atoms with van der Waals surface area (Å²) in [6.45, 7) is 0. The lowest BCUT2D eigenvalue weighted by Gasteiger charge is -1.86. The van der Waals surface area contributed by atoms with Crippen LogP contribution in [-0.4, -0.2) is 0 Å². The van der Waals surface area contributed by atoms with E-state index in [1.807, 2.05) is 6.07 Å². The molecule has 9 heavy (non-hydrogen) atoms. The monoisotopic (exact) mass is 273 g/mol. The van der Waals surface area contributed by atoms with E-state index in [1.165, 1.54) is 2.88 Å². The van der Waals surface area contributed by atoms with Crippen LogP contribution in [0.15, 0.2) is 6.07 Å². The third kappa shape index (κ3) is 1.72. The van der Waals surface area contributed by atoms with Crippen molar-refractivity contribution in [2.45, 2.75) is 5.88 Å². The van der Waals surface area contributed by atoms with Gasteiger partial charge in [0.1, 0.15) is 0 Å². The summed E-state index contributed by atoms with van der Waals surface area (Å²) in [6.07, 6.45) is 0. The second-order valence-corrected chi connectivity index (χ2v) is 4.82. The van der Waals surface area contributed by atoms with E-state index in [0.29, 0.717) is 5.88 Å². The largest absolute Gasteiger partial charge is 0.390 e. The van der Waals surface area contributed by atoms with Crippen molar-refractivity contribution in [3.8, 4) is 0 Å². The molecule has 0 bridgehead atoms. The number of anilines is 1. The molecule has 1 rings (SSSR count). The van der Waals surface area contributed by atoms with Crippen LogP contribution in [0.3, 0.4) is 0 Å². The molecular weight excluding hydrogens is 268 g/mol. The lowest BCUT2D eigenvalue weighted by molar-refractivity contribution is 1.46. The van der Waals surface area contributed by atoms with E-state index >= 15 is 0 Å². The summed E-state index contributed by atoms with van der Waals surface area (Å²) in [5, 5.41) is 0.842. The highest BCUT2D eigenvalue weighted by atomic mass is 127. The fraction of sp³-hybridized carbons (Fsp3) is 0.200. The highest BCUT2D eigenvalue weighted by molar-refractivity contribution is 14.1. The molecule has 1 heterocycles. The van der Waals surface area contributed by atoms with E-state index in [-0.39, 0.29) is 0 Å². The number of rotatable bonds is 1. The molecule has 1 nitrogen and oxygen atoms in total. The van der Waals surface area contributed by atoms with Gasteiger partial charge in [0.15, 0.2) is 0 Å². The standard InChI is InChI=1S/C5H5ClINS/c6-2-3-1-4(7)9-5(3)8/h1H,2,8H2. The second-order valence-electron chi connectivity index (χ2n) is 1.57. The normalized spacial score (nSPS) is 10.0. The first-order valence-corrected chi connectivity index (χ1v) is 4.76. The van der Waals surface area contributed by atoms with E-state index in [2.05, 4.69) is 22.6 Å². The Morgan fingerprint density at radius 1 is 1.78 bits per heavy atom. The van der Waals surface area contributed by atoms with Crippen LogP contribution in [0, 0.1) is 2.88 Å². The van der Waals surface area contributed by atoms with E-state index in [4.69, 9.17) is 17.3 Å². The molecule has 0 amide bonds. The van der Waals surface area contributed by atoms with Gasteiger partial charge in [-0.2, -0.15) is 0 Å². The fourth-order valence-corrected chi connectivity index (χ4v) is 2.57. The zero-order valence-corrected chi connectivity index (χ0v) is 8.26. The van der Waals surface area contributed by atoms with Gasteiger partial charge in [0, 0.05) is 5.56 Å². The Morgan fingerprint density at radius 3 is 2.67 bits per heavy atom. The smallest absolute Gasteiger partial charge is 0.0912 e. The highest BCUT2D eigenvalue weighted by Gasteiger charge is 2.00. The van der Waals surface area contributed by atoms with E-state index in [9.17, 15) is 0 Å². The van der Waals surface area contributed by atoms with Gasteiger partial charge in [0.25, 0.3) is 0 Å². The third-order valence-corrected chi connectivity index (χ3v) is 3.01. The molecule has 50 valence electrons. The first-order valence-electron chi connectivity index (χ1n) is 2.33. The van der Waals surface area contributed by atoms with Gasteiger partial charge in [-0.05, 0) is 28.7 Å². The molecule has 0 aromatic carbocycles. The zero-order chi connectivity index (χ0) is 6.85. The second kappa shape index (κ2) is 3.07. The van der Waals surface area contributed by atoms with Crippen LogP contribution in [0.4, 0.5) is 5.00 Å². The molecule has 0 aliphatic carbocycles. The lowest BCUT2D eigenvalue weighted by atomic mass is 10.4. The molecule has 1 aromatic heterocycles. The zero-order valence-electron chi connectivity index (χ0n) is 4.53. The summed E-state index contributed by atoms with van der Waals surface area (Å²) in [7, 11) is 0. The Hall–Kier alpha value is 0.520. The first kappa shape index (κ1) is 7.63. The summed E-state index contributed by atoms with van der Waals surface area (Å²) >= 11 is 9.37. The van der Waals surface area contributed by atoms with E-state index in [1.54, 1.807) is 11.3 Å². The third-order valence-electron chi connectivity index (χ3n) is 0.956. The van der Waals surface area contributed by atoms with Crippen molar-refractivity contribution in [3.63, 3.8) is 0 Å². The maximum atomic E-state index is 5.58. The average molecular weight is 274 g/mol. The van der Waals surface area contributed by atoms with Crippen LogP contribution in [0.2, 0.25) is 0 Å². The van der Waals surface area contributed by atoms with Gasteiger partial charge in [-0.15, -0.1) is 22.9 Å². The number of nitrogen functional groups attached to an aromatic ring is 1. The van der Waals surface area contributed by atoms with Crippen molar-refractivity contribution in [1.82, 2.24) is 0 Å². The Balaban J connectivity index is 3.01. The molecule has 0 fully saturated rings. The average Bonchev–Trinajstić information content (AvgIpc) is 2.10. The van der Waals surface area contributed by atoms with Gasteiger partial charge in [-0.25, -0.2) is 0 Å². The highest BCUT2D eigenvalue weighted by Crippen LogP contribution is 2.26. The van der Waals surface area contributed by atoms with Crippen molar-refractivity contribution >= 4 is 50.5 Å². The van der Waals surface area contributed by atoms with Gasteiger partial charge >= 0.3 is 0 Å². The minimum atomic E-state index is 0.519. The molecule has 0 unspecified atom stereocenters.